The number of aromatic hydroxyl groups is 1. The molecule has 45 heteroatoms. The molecule has 39 nitrogen and oxygen atoms in total. The lowest BCUT2D eigenvalue weighted by molar-refractivity contribution is -0.158. The Balaban J connectivity index is -0.00000131. The average Bonchev–Trinajstić information content (AvgIpc) is 1.69. The highest BCUT2D eigenvalue weighted by atomic mass is 36.0. The Morgan fingerprint density at radius 3 is 0.957 bits per heavy atom. The van der Waals surface area contributed by atoms with Crippen molar-refractivity contribution in [2.24, 2.45) is 11.8 Å². The normalized spacial score (nSPS) is 23.2. The Kier molecular flexibility index (Phi) is 58.8. The zero-order chi connectivity index (χ0) is 87.2. The van der Waals surface area contributed by atoms with Gasteiger partial charge in [0.1, 0.15) is 127 Å². The van der Waals surface area contributed by atoms with E-state index in [2.05, 4.69) is 77.5 Å². The van der Waals surface area contributed by atoms with Crippen molar-refractivity contribution >= 4 is 84.4 Å². The Morgan fingerprint density at radius 1 is 0.422 bits per heavy atom. The van der Waals surface area contributed by atoms with Crippen molar-refractivity contribution in [1.29, 1.82) is 0 Å². The van der Waals surface area contributed by atoms with Crippen LogP contribution in [0.25, 0.3) is 0 Å². The average molecular weight is 1790 g/mol. The Morgan fingerprint density at radius 2 is 0.690 bits per heavy atom. The molecular weight excluding hydrogens is 1670 g/mol. The minimum absolute atomic E-state index is 0. The summed E-state index contributed by atoms with van der Waals surface area (Å²) in [6, 6.07) is 26.8. The lowest BCUT2D eigenvalue weighted by atomic mass is 9.99. The first kappa shape index (κ1) is 114. The molecule has 13 N–H and O–H groups in total. The van der Waals surface area contributed by atoms with E-state index < -0.39 is 113 Å². The second-order valence-corrected chi connectivity index (χ2v) is 33.5. The summed E-state index contributed by atoms with van der Waals surface area (Å²) in [6.45, 7) is 21.8. The third-order valence-corrected chi connectivity index (χ3v) is 17.5. The molecule has 4 saturated heterocycles. The summed E-state index contributed by atoms with van der Waals surface area (Å²) in [5.41, 5.74) is 0. The maximum atomic E-state index is 11.3. The molecule has 4 aromatic carbocycles. The quantitative estimate of drug-likeness (QED) is 0.0155. The van der Waals surface area contributed by atoms with Crippen molar-refractivity contribution in [2.75, 3.05) is 103 Å². The van der Waals surface area contributed by atoms with Gasteiger partial charge in [-0.1, -0.05) is 34.6 Å². The van der Waals surface area contributed by atoms with Gasteiger partial charge in [-0.25, -0.2) is 9.13 Å². The van der Waals surface area contributed by atoms with Crippen LogP contribution in [0.15, 0.2) is 97.1 Å². The number of halogens is 3. The van der Waals surface area contributed by atoms with E-state index in [9.17, 15) is 58.1 Å². The Bertz CT molecular complexity index is 3450. The number of aliphatic hydroxyl groups excluding tert-OH is 5. The number of ether oxygens (including phenoxy) is 16. The number of carbonyl (C=O) groups is 5. The van der Waals surface area contributed by atoms with Crippen LogP contribution in [0.2, 0.25) is 0 Å². The minimum atomic E-state index is -4.69. The molecule has 0 amide bonds. The number of phosphoric acid groups is 2. The zero-order valence-corrected chi connectivity index (χ0v) is 73.0. The first-order valence-electron chi connectivity index (χ1n) is 34.7. The molecule has 4 fully saturated rings. The number of hydrogen-bond acceptors (Lipinski definition) is 36. The standard InChI is InChI=1S/C17H22O7.C14H18O7.C12H17O9P.C11H18O5.C7H8O2.C6H15N.C3H9O4P.CH4O.Cl3OP.H3N.H2O/c1-10-16(22-12(3)19)15(9-21-11(2)18)24-17(10)23-14-7-5-13(20-4)6-8-14;1-8(15)19-7-11-12(16)13(17)14(21-11)20-10-5-3-9(18-2)4-6-10;1-18-7-2-4-8(5-3-7)20-12-11(14)10(13)9(21-12)6-19-22(15,16)17;1-6-7(2)15-10(5-14-8(3)12)11(6)16-9(4)13;1-9-7-4-2-6(8)3-5-7;1-4-7(5-2)6-3;1-5-8(4,6-2)7-3;1-2;1-5(2,3)4;;/h5-8,10,15-17H,9H2,1-4H3;3-6,11-14,16-17H,7H2,1-2H3;2-5,9-14H,6H2,1H3,(H2,15,16,17);6-7,10-11H,5H2,1-4H3;2-5,8H,1H3;4-6H2,1-3H3;1-3H3;2H,1H3;;1H3;1H2/t10-,15-,16+,17?;11-,12-,13-,14-;9-,10-,11-,12-;6-,7-,10+,11-;;;;;;;/m1110......./s1. The summed E-state index contributed by atoms with van der Waals surface area (Å²) in [5.74, 6) is 2.28. The van der Waals surface area contributed by atoms with Crippen molar-refractivity contribution in [3.63, 3.8) is 0 Å². The number of methoxy groups -OCH3 is 4. The van der Waals surface area contributed by atoms with Gasteiger partial charge in [-0.05, 0) is 157 Å². The molecule has 4 aromatic rings. The minimum Gasteiger partial charge on any atom is -0.508 e. The molecule has 16 atom stereocenters. The van der Waals surface area contributed by atoms with Gasteiger partial charge in [-0.2, -0.15) is 0 Å². The molecule has 0 aliphatic carbocycles. The highest BCUT2D eigenvalue weighted by Crippen LogP contribution is 2.61. The Hall–Kier alpha value is -6.53. The van der Waals surface area contributed by atoms with Crippen LogP contribution in [0.3, 0.4) is 0 Å². The van der Waals surface area contributed by atoms with Crippen LogP contribution in [-0.4, -0.2) is 270 Å². The van der Waals surface area contributed by atoms with Gasteiger partial charge in [0.25, 0.3) is 0 Å². The number of esters is 5. The predicted octanol–water partition coefficient (Wildman–Crippen LogP) is 8.09. The van der Waals surface area contributed by atoms with Crippen LogP contribution in [0.4, 0.5) is 0 Å². The number of benzene rings is 4. The fraction of sp³-hybridized carbons (Fsp3) is 0.592. The summed E-state index contributed by atoms with van der Waals surface area (Å²) in [5, 5.41) is 51.9. The third kappa shape index (κ3) is 46.7. The molecule has 4 heterocycles. The Labute approximate surface area is 689 Å². The molecule has 1 unspecified atom stereocenters. The molecule has 0 bridgehead atoms. The summed E-state index contributed by atoms with van der Waals surface area (Å²) in [6.07, 6.45) is -11.8. The number of rotatable bonds is 27. The summed E-state index contributed by atoms with van der Waals surface area (Å²) in [7, 11) is 3.16. The second kappa shape index (κ2) is 60.0. The maximum Gasteiger partial charge on any atom is 0.473 e. The van der Waals surface area contributed by atoms with Gasteiger partial charge >= 0.3 is 50.7 Å². The highest BCUT2D eigenvalue weighted by molar-refractivity contribution is 8.24. The van der Waals surface area contributed by atoms with E-state index in [1.54, 1.807) is 118 Å². The van der Waals surface area contributed by atoms with Gasteiger partial charge in [-0.15, -0.1) is 0 Å². The fourth-order valence-electron chi connectivity index (χ4n) is 9.61. The first-order chi connectivity index (χ1) is 53.5. The zero-order valence-electron chi connectivity index (χ0n) is 68.1. The van der Waals surface area contributed by atoms with Crippen LogP contribution in [0, 0.1) is 11.8 Å². The van der Waals surface area contributed by atoms with Crippen LogP contribution in [0.5, 0.6) is 46.0 Å². The molecule has 0 radical (unpaired) electrons. The fourth-order valence-corrected chi connectivity index (χ4v) is 10.4. The summed E-state index contributed by atoms with van der Waals surface area (Å²) in [4.78, 5) is 74.4. The van der Waals surface area contributed by atoms with E-state index in [1.807, 2.05) is 20.8 Å². The molecule has 0 aromatic heterocycles. The SMILES string of the molecule is CC(=O)OC[C@H]1O[C@@H](C)[C@H](C)[C@@H]1OC(C)=O.CCN(CC)CC.CO.COP(=O)(OC)OC.COc1ccc(O)cc1.COc1ccc(OC2O[C@H](COC(C)=O)[C@@H](OC(C)=O)[C@H]2C)cc1.COc1ccc(O[C@@H]2O[C@H](COC(C)=O)[C@@H](O)[C@H]2O)cc1.COc1ccc(O[C@@H]2O[C@H](COP(=O)(O)O)[C@@H](O)[C@H]2O)cc1.N.O.O=P(Cl)(Cl)Cl. The van der Waals surface area contributed by atoms with Crippen LogP contribution < -0.4 is 39.3 Å². The van der Waals surface area contributed by atoms with Crippen LogP contribution in [-0.2, 0) is 98.4 Å². The molecule has 8 rings (SSSR count). The number of phenolic OH excluding ortho intramolecular Hbond substituents is 1. The summed E-state index contributed by atoms with van der Waals surface area (Å²) < 4.78 is 132. The number of phenols is 1. The molecule has 116 heavy (non-hydrogen) atoms. The van der Waals surface area contributed by atoms with Gasteiger partial charge in [0.15, 0.2) is 0 Å². The molecule has 4 aliphatic rings. The number of phosphoric ester groups is 2. The van der Waals surface area contributed by atoms with Gasteiger partial charge < -0.3 is 133 Å². The number of nitrogens with zero attached hydrogens (tertiary/aromatic N) is 1. The third-order valence-electron chi connectivity index (χ3n) is 15.7. The molecular formula is C71H116Cl3N2O37P3. The topological polar surface area (TPSA) is 553 Å². The van der Waals surface area contributed by atoms with E-state index in [-0.39, 0.29) is 79.3 Å². The second-order valence-electron chi connectivity index (χ2n) is 23.6. The van der Waals surface area contributed by atoms with E-state index in [1.165, 1.54) is 82.7 Å². The van der Waals surface area contributed by atoms with E-state index in [4.69, 9.17) is 95.8 Å². The van der Waals surface area contributed by atoms with Crippen LogP contribution >= 0.6 is 54.6 Å². The smallest absolute Gasteiger partial charge is 0.473 e. The van der Waals surface area contributed by atoms with Crippen molar-refractivity contribution in [1.82, 2.24) is 11.1 Å². The van der Waals surface area contributed by atoms with Gasteiger partial charge in [0, 0.05) is 69.0 Å². The van der Waals surface area contributed by atoms with Crippen molar-refractivity contribution in [2.45, 2.75) is 162 Å². The highest BCUT2D eigenvalue weighted by Gasteiger charge is 2.48. The van der Waals surface area contributed by atoms with Crippen LogP contribution in [0.1, 0.15) is 76.2 Å². The van der Waals surface area contributed by atoms with Crippen molar-refractivity contribution < 1.29 is 177 Å². The molecule has 0 saturated carbocycles. The molecule has 668 valence electrons. The number of aliphatic hydroxyl groups is 5. The van der Waals surface area contributed by atoms with E-state index in [0.29, 0.717) is 34.5 Å². The van der Waals surface area contributed by atoms with E-state index >= 15 is 0 Å². The van der Waals surface area contributed by atoms with Gasteiger partial charge in [0.05, 0.1) is 47.1 Å². The van der Waals surface area contributed by atoms with Gasteiger partial charge in [0.2, 0.25) is 18.9 Å². The lowest BCUT2D eigenvalue weighted by Crippen LogP contribution is -2.36. The van der Waals surface area contributed by atoms with Crippen molar-refractivity contribution in [3.05, 3.63) is 97.1 Å². The van der Waals surface area contributed by atoms with E-state index in [0.717, 1.165) is 12.9 Å². The first-order valence-corrected chi connectivity index (χ1v) is 42.1. The molecule has 4 aliphatic heterocycles. The van der Waals surface area contributed by atoms with Gasteiger partial charge in [-0.3, -0.25) is 46.6 Å². The maximum absolute atomic E-state index is 11.3. The largest absolute Gasteiger partial charge is 0.508 e. The van der Waals surface area contributed by atoms with Crippen molar-refractivity contribution in [3.8, 4) is 46.0 Å². The predicted molar refractivity (Wildman–Crippen MR) is 421 cm³/mol. The monoisotopic (exact) mass is 1790 g/mol. The number of carbonyl (C=O) groups excluding carboxylic acids is 5. The molecule has 0 spiro atoms. The lowest BCUT2D eigenvalue weighted by Gasteiger charge is -2.20. The number of hydrogen-bond donors (Lipinski definition) is 9. The summed E-state index contributed by atoms with van der Waals surface area (Å²) >= 11 is 13.8.